The monoisotopic (exact) mass is 333 g/mol. The molecular formula is C17H23N3O4. The van der Waals surface area contributed by atoms with Gasteiger partial charge in [-0.25, -0.2) is 9.48 Å². The summed E-state index contributed by atoms with van der Waals surface area (Å²) in [6.07, 6.45) is 0.705. The van der Waals surface area contributed by atoms with Crippen LogP contribution in [-0.2, 0) is 22.6 Å². The Morgan fingerprint density at radius 1 is 1.29 bits per heavy atom. The van der Waals surface area contributed by atoms with Crippen molar-refractivity contribution < 1.29 is 19.4 Å². The fourth-order valence-electron chi connectivity index (χ4n) is 1.97. The molecular weight excluding hydrogens is 310 g/mol. The van der Waals surface area contributed by atoms with Crippen LogP contribution in [0.5, 0.6) is 0 Å². The molecule has 1 aromatic heterocycles. The van der Waals surface area contributed by atoms with E-state index in [9.17, 15) is 9.90 Å². The van der Waals surface area contributed by atoms with Gasteiger partial charge in [-0.15, -0.1) is 5.10 Å². The van der Waals surface area contributed by atoms with Crippen LogP contribution in [0.3, 0.4) is 0 Å². The molecule has 0 aliphatic carbocycles. The Hall–Kier alpha value is -2.25. The van der Waals surface area contributed by atoms with Crippen LogP contribution in [0, 0.1) is 0 Å². The maximum atomic E-state index is 11.9. The average Bonchev–Trinajstić information content (AvgIpc) is 2.95. The van der Waals surface area contributed by atoms with Crippen LogP contribution < -0.4 is 0 Å². The van der Waals surface area contributed by atoms with Crippen LogP contribution in [0.4, 0.5) is 0 Å². The molecule has 0 amide bonds. The quantitative estimate of drug-likeness (QED) is 0.778. The Morgan fingerprint density at radius 2 is 2.00 bits per heavy atom. The lowest BCUT2D eigenvalue weighted by Crippen LogP contribution is -2.24. The van der Waals surface area contributed by atoms with Crippen LogP contribution in [0.1, 0.15) is 36.8 Å². The molecule has 2 rings (SSSR count). The predicted molar refractivity (Wildman–Crippen MR) is 87.3 cm³/mol. The molecule has 130 valence electrons. The predicted octanol–water partition coefficient (Wildman–Crippen LogP) is 1.81. The van der Waals surface area contributed by atoms with Crippen molar-refractivity contribution in [1.82, 2.24) is 15.0 Å². The second-order valence-electron chi connectivity index (χ2n) is 6.48. The van der Waals surface area contributed by atoms with Crippen molar-refractivity contribution in [2.24, 2.45) is 0 Å². The van der Waals surface area contributed by atoms with E-state index in [2.05, 4.69) is 10.3 Å². The van der Waals surface area contributed by atoms with E-state index in [1.807, 2.05) is 30.3 Å². The molecule has 0 fully saturated rings. The van der Waals surface area contributed by atoms with Crippen molar-refractivity contribution in [2.45, 2.75) is 45.6 Å². The summed E-state index contributed by atoms with van der Waals surface area (Å²) < 4.78 is 12.1. The number of aromatic nitrogens is 3. The number of rotatable bonds is 7. The first-order chi connectivity index (χ1) is 11.3. The van der Waals surface area contributed by atoms with Gasteiger partial charge in [0.15, 0.2) is 5.69 Å². The van der Waals surface area contributed by atoms with E-state index in [0.29, 0.717) is 6.61 Å². The third-order valence-electron chi connectivity index (χ3n) is 2.97. The maximum Gasteiger partial charge on any atom is 0.361 e. The highest BCUT2D eigenvalue weighted by molar-refractivity contribution is 5.87. The van der Waals surface area contributed by atoms with Crippen molar-refractivity contribution in [3.05, 3.63) is 47.8 Å². The maximum absolute atomic E-state index is 11.9. The Morgan fingerprint density at radius 3 is 2.67 bits per heavy atom. The van der Waals surface area contributed by atoms with Gasteiger partial charge in [0.1, 0.15) is 5.60 Å². The van der Waals surface area contributed by atoms with Gasteiger partial charge in [-0.3, -0.25) is 0 Å². The first-order valence-corrected chi connectivity index (χ1v) is 7.77. The fourth-order valence-corrected chi connectivity index (χ4v) is 1.97. The van der Waals surface area contributed by atoms with Crippen LogP contribution >= 0.6 is 0 Å². The topological polar surface area (TPSA) is 86.5 Å². The van der Waals surface area contributed by atoms with Crippen LogP contribution in [-0.4, -0.2) is 44.4 Å². The Labute approximate surface area is 141 Å². The summed E-state index contributed by atoms with van der Waals surface area (Å²) in [5.74, 6) is -0.538. The summed E-state index contributed by atoms with van der Waals surface area (Å²) in [5.41, 5.74) is 0.561. The minimum atomic E-state index is -0.748. The molecule has 7 nitrogen and oxygen atoms in total. The van der Waals surface area contributed by atoms with Crippen molar-refractivity contribution in [3.8, 4) is 0 Å². The summed E-state index contributed by atoms with van der Waals surface area (Å²) >= 11 is 0. The number of aliphatic hydroxyl groups excluding tert-OH is 1. The number of carbonyl (C=O) groups excluding carboxylic acids is 1. The Kier molecular flexibility index (Phi) is 6.05. The van der Waals surface area contributed by atoms with Crippen LogP contribution in [0.15, 0.2) is 36.5 Å². The van der Waals surface area contributed by atoms with E-state index >= 15 is 0 Å². The highest BCUT2D eigenvalue weighted by Gasteiger charge is 2.20. The number of ether oxygens (including phenoxy) is 2. The van der Waals surface area contributed by atoms with Crippen molar-refractivity contribution in [1.29, 1.82) is 0 Å². The Balaban J connectivity index is 1.78. The second-order valence-corrected chi connectivity index (χ2v) is 6.48. The van der Waals surface area contributed by atoms with Crippen molar-refractivity contribution in [3.63, 3.8) is 0 Å². The van der Waals surface area contributed by atoms with E-state index in [4.69, 9.17) is 9.47 Å². The molecule has 24 heavy (non-hydrogen) atoms. The molecule has 0 saturated heterocycles. The molecule has 0 aliphatic rings. The molecule has 1 heterocycles. The fraction of sp³-hybridized carbons (Fsp3) is 0.471. The van der Waals surface area contributed by atoms with Crippen molar-refractivity contribution in [2.75, 3.05) is 6.61 Å². The molecule has 1 unspecified atom stereocenters. The molecule has 0 bridgehead atoms. The first-order valence-electron chi connectivity index (χ1n) is 7.77. The van der Waals surface area contributed by atoms with Gasteiger partial charge in [0.2, 0.25) is 0 Å². The number of hydrogen-bond acceptors (Lipinski definition) is 6. The van der Waals surface area contributed by atoms with Crippen molar-refractivity contribution >= 4 is 5.97 Å². The van der Waals surface area contributed by atoms with E-state index in [1.54, 1.807) is 20.8 Å². The molecule has 0 saturated carbocycles. The molecule has 1 N–H and O–H groups in total. The number of esters is 1. The molecule has 2 aromatic rings. The Bertz CT molecular complexity index is 649. The molecule has 7 heteroatoms. The minimum absolute atomic E-state index is 0.113. The number of hydrogen-bond donors (Lipinski definition) is 1. The highest BCUT2D eigenvalue weighted by atomic mass is 16.6. The van der Waals surface area contributed by atoms with Gasteiger partial charge < -0.3 is 14.6 Å². The van der Waals surface area contributed by atoms with E-state index in [-0.39, 0.29) is 18.8 Å². The van der Waals surface area contributed by atoms with Crippen LogP contribution in [0.2, 0.25) is 0 Å². The first kappa shape index (κ1) is 18.1. The lowest BCUT2D eigenvalue weighted by molar-refractivity contribution is 0.00620. The summed E-state index contributed by atoms with van der Waals surface area (Å²) in [4.78, 5) is 11.9. The zero-order valence-corrected chi connectivity index (χ0v) is 14.2. The second kappa shape index (κ2) is 8.03. The van der Waals surface area contributed by atoms with Gasteiger partial charge in [0, 0.05) is 0 Å². The number of benzene rings is 1. The van der Waals surface area contributed by atoms with E-state index < -0.39 is 17.7 Å². The zero-order valence-electron chi connectivity index (χ0n) is 14.2. The van der Waals surface area contributed by atoms with E-state index in [1.165, 1.54) is 10.9 Å². The molecule has 1 aromatic carbocycles. The molecule has 0 aliphatic heterocycles. The van der Waals surface area contributed by atoms with Crippen LogP contribution in [0.25, 0.3) is 0 Å². The third-order valence-corrected chi connectivity index (χ3v) is 2.97. The van der Waals surface area contributed by atoms with Gasteiger partial charge in [-0.2, -0.15) is 0 Å². The van der Waals surface area contributed by atoms with Gasteiger partial charge in [-0.05, 0) is 26.3 Å². The summed E-state index contributed by atoms with van der Waals surface area (Å²) in [6, 6.07) is 9.71. The summed E-state index contributed by atoms with van der Waals surface area (Å²) in [6.45, 7) is 6.12. The zero-order chi connectivity index (χ0) is 17.6. The molecule has 0 radical (unpaired) electrons. The lowest BCUT2D eigenvalue weighted by Gasteiger charge is -2.18. The lowest BCUT2D eigenvalue weighted by atomic mass is 10.2. The average molecular weight is 333 g/mol. The molecule has 1 atom stereocenters. The number of carbonyl (C=O) groups is 1. The van der Waals surface area contributed by atoms with E-state index in [0.717, 1.165) is 5.56 Å². The largest absolute Gasteiger partial charge is 0.455 e. The SMILES string of the molecule is CC(C)(C)OC(=O)c1cn(CC(O)COCc2ccccc2)nn1. The summed E-state index contributed by atoms with van der Waals surface area (Å²) in [5, 5.41) is 17.6. The standard InChI is InChI=1S/C17H23N3O4/c1-17(2,3)24-16(22)15-10-20(19-18-15)9-14(21)12-23-11-13-7-5-4-6-8-13/h4-8,10,14,21H,9,11-12H2,1-3H3. The number of aliphatic hydroxyl groups is 1. The highest BCUT2D eigenvalue weighted by Crippen LogP contribution is 2.10. The third kappa shape index (κ3) is 6.10. The van der Waals surface area contributed by atoms with Gasteiger partial charge in [-0.1, -0.05) is 35.5 Å². The van der Waals surface area contributed by atoms with Gasteiger partial charge >= 0.3 is 5.97 Å². The smallest absolute Gasteiger partial charge is 0.361 e. The van der Waals surface area contributed by atoms with Gasteiger partial charge in [0.05, 0.1) is 32.1 Å². The van der Waals surface area contributed by atoms with Gasteiger partial charge in [0.25, 0.3) is 0 Å². The minimum Gasteiger partial charge on any atom is -0.455 e. The summed E-state index contributed by atoms with van der Waals surface area (Å²) in [7, 11) is 0. The normalized spacial score (nSPS) is 12.8. The molecule has 0 spiro atoms. The number of nitrogens with zero attached hydrogens (tertiary/aromatic N) is 3.